The van der Waals surface area contributed by atoms with Crippen LogP contribution in [0.5, 0.6) is 0 Å². The van der Waals surface area contributed by atoms with Gasteiger partial charge >= 0.3 is 5.97 Å². The van der Waals surface area contributed by atoms with Crippen molar-refractivity contribution in [3.8, 4) is 0 Å². The van der Waals surface area contributed by atoms with Crippen molar-refractivity contribution in [2.45, 2.75) is 45.3 Å². The lowest BCUT2D eigenvalue weighted by Gasteiger charge is -2.38. The Morgan fingerprint density at radius 1 is 1.15 bits per heavy atom. The Hall–Kier alpha value is -1.91. The minimum atomic E-state index is -1.19. The van der Waals surface area contributed by atoms with Crippen molar-refractivity contribution in [3.63, 3.8) is 0 Å². The summed E-state index contributed by atoms with van der Waals surface area (Å²) in [5.74, 6) is -0.125. The van der Waals surface area contributed by atoms with Crippen LogP contribution in [0.25, 0.3) is 0 Å². The zero-order valence-electron chi connectivity index (χ0n) is 14.7. The number of aliphatic hydroxyl groups is 1. The topological polar surface area (TPSA) is 140 Å². The van der Waals surface area contributed by atoms with Crippen molar-refractivity contribution < 1.29 is 25.1 Å². The maximum absolute atomic E-state index is 12.5. The molecule has 3 N–H and O–H groups in total. The fourth-order valence-corrected chi connectivity index (χ4v) is 4.10. The van der Waals surface area contributed by atoms with Crippen molar-refractivity contribution >= 4 is 17.3 Å². The van der Waals surface area contributed by atoms with E-state index in [9.17, 15) is 20.3 Å². The number of esters is 1. The van der Waals surface area contributed by atoms with Gasteiger partial charge in [0.1, 0.15) is 6.10 Å². The first-order valence-electron chi connectivity index (χ1n) is 8.34. The molecular formula is C17H22N2O7-2. The second kappa shape index (κ2) is 6.07. The Labute approximate surface area is 150 Å². The molecule has 2 fully saturated rings. The molecule has 0 aliphatic heterocycles. The van der Waals surface area contributed by atoms with E-state index in [-0.39, 0.29) is 21.9 Å². The molecule has 9 heteroatoms. The van der Waals surface area contributed by atoms with E-state index < -0.39 is 28.6 Å². The molecule has 0 saturated heterocycles. The Kier molecular flexibility index (Phi) is 4.40. The summed E-state index contributed by atoms with van der Waals surface area (Å²) in [7, 11) is 0. The predicted octanol–water partition coefficient (Wildman–Crippen LogP) is 2.42. The number of hydrogen-bond acceptors (Lipinski definition) is 9. The third kappa shape index (κ3) is 3.24. The van der Waals surface area contributed by atoms with Gasteiger partial charge in [-0.3, -0.25) is 10.4 Å². The molecule has 4 atom stereocenters. The van der Waals surface area contributed by atoms with Crippen LogP contribution in [-0.2, 0) is 4.74 Å². The number of carbonyl (C=O) groups is 1. The summed E-state index contributed by atoms with van der Waals surface area (Å²) in [6, 6.07) is 2.97. The van der Waals surface area contributed by atoms with E-state index in [0.29, 0.717) is 24.7 Å². The number of fused-ring (bicyclic) bond motifs is 1. The monoisotopic (exact) mass is 366 g/mol. The van der Waals surface area contributed by atoms with Crippen LogP contribution in [0.1, 0.15) is 44.0 Å². The SMILES string of the molecule is CC1(C)[C@@H]2C[C@@H](OC(=O)c3cc(N([O-])[O-])cc(N(O)O)c3)[C@](C)(O)C[C@H]21. The van der Waals surface area contributed by atoms with Crippen molar-refractivity contribution in [2.75, 3.05) is 10.5 Å². The van der Waals surface area contributed by atoms with Gasteiger partial charge in [0, 0.05) is 5.69 Å². The lowest BCUT2D eigenvalue weighted by molar-refractivity contribution is -0.0986. The van der Waals surface area contributed by atoms with E-state index in [1.54, 1.807) is 6.92 Å². The number of ether oxygens (including phenoxy) is 1. The van der Waals surface area contributed by atoms with Crippen molar-refractivity contribution in [2.24, 2.45) is 17.3 Å². The summed E-state index contributed by atoms with van der Waals surface area (Å²) in [5, 5.41) is 49.8. The predicted molar refractivity (Wildman–Crippen MR) is 91.5 cm³/mol. The normalized spacial score (nSPS) is 31.8. The van der Waals surface area contributed by atoms with Crippen LogP contribution in [0, 0.1) is 27.7 Å². The van der Waals surface area contributed by atoms with Crippen LogP contribution in [-0.4, -0.2) is 33.2 Å². The highest BCUT2D eigenvalue weighted by Gasteiger charge is 2.64. The highest BCUT2D eigenvalue weighted by Crippen LogP contribution is 2.66. The molecule has 26 heavy (non-hydrogen) atoms. The van der Waals surface area contributed by atoms with E-state index in [0.717, 1.165) is 18.2 Å². The molecule has 1 aromatic carbocycles. The zero-order chi connectivity index (χ0) is 19.4. The summed E-state index contributed by atoms with van der Waals surface area (Å²) >= 11 is 0. The fourth-order valence-electron chi connectivity index (χ4n) is 4.10. The van der Waals surface area contributed by atoms with Gasteiger partial charge < -0.3 is 25.5 Å². The summed E-state index contributed by atoms with van der Waals surface area (Å²) in [6.07, 6.45) is 0.300. The van der Waals surface area contributed by atoms with Crippen molar-refractivity contribution in [1.82, 2.24) is 0 Å². The molecule has 3 rings (SSSR count). The molecule has 0 bridgehead atoms. The summed E-state index contributed by atoms with van der Waals surface area (Å²) < 4.78 is 5.46. The maximum atomic E-state index is 12.5. The van der Waals surface area contributed by atoms with Gasteiger partial charge in [0.25, 0.3) is 0 Å². The Morgan fingerprint density at radius 2 is 1.77 bits per heavy atom. The molecule has 2 aliphatic carbocycles. The number of carbonyl (C=O) groups excluding carboxylic acids is 1. The van der Waals surface area contributed by atoms with E-state index in [1.165, 1.54) is 0 Å². The third-order valence-corrected chi connectivity index (χ3v) is 5.91. The summed E-state index contributed by atoms with van der Waals surface area (Å²) in [4.78, 5) is 12.5. The minimum absolute atomic E-state index is 0.0954. The van der Waals surface area contributed by atoms with Gasteiger partial charge in [-0.15, -0.1) is 5.23 Å². The summed E-state index contributed by atoms with van der Waals surface area (Å²) in [6.45, 7) is 5.86. The number of anilines is 2. The molecule has 0 unspecified atom stereocenters. The van der Waals surface area contributed by atoms with Crippen molar-refractivity contribution in [1.29, 1.82) is 0 Å². The molecule has 1 aromatic rings. The van der Waals surface area contributed by atoms with Crippen LogP contribution in [0.3, 0.4) is 0 Å². The Balaban J connectivity index is 1.81. The average molecular weight is 366 g/mol. The number of rotatable bonds is 4. The van der Waals surface area contributed by atoms with Gasteiger partial charge in [0.2, 0.25) is 0 Å². The second-order valence-electron chi connectivity index (χ2n) is 8.01. The average Bonchev–Trinajstić information content (AvgIpc) is 3.05. The van der Waals surface area contributed by atoms with E-state index in [4.69, 9.17) is 15.2 Å². The molecule has 144 valence electrons. The van der Waals surface area contributed by atoms with Gasteiger partial charge in [-0.1, -0.05) is 13.8 Å². The fraction of sp³-hybridized carbons (Fsp3) is 0.588. The van der Waals surface area contributed by atoms with Crippen LogP contribution in [0.2, 0.25) is 0 Å². The number of nitrogens with zero attached hydrogens (tertiary/aromatic N) is 2. The second-order valence-corrected chi connectivity index (χ2v) is 8.01. The number of benzene rings is 1. The Morgan fingerprint density at radius 3 is 2.35 bits per heavy atom. The van der Waals surface area contributed by atoms with Gasteiger partial charge in [0.15, 0.2) is 0 Å². The Bertz CT molecular complexity index is 691. The van der Waals surface area contributed by atoms with Gasteiger partial charge in [-0.05, 0) is 55.2 Å². The molecule has 9 nitrogen and oxygen atoms in total. The molecule has 2 saturated carbocycles. The summed E-state index contributed by atoms with van der Waals surface area (Å²) in [5.41, 5.74) is -2.12. The van der Waals surface area contributed by atoms with Crippen LogP contribution >= 0.6 is 0 Å². The van der Waals surface area contributed by atoms with E-state index in [1.807, 2.05) is 0 Å². The highest BCUT2D eigenvalue weighted by atomic mass is 16.8. The smallest absolute Gasteiger partial charge is 0.338 e. The van der Waals surface area contributed by atoms with Crippen LogP contribution in [0.15, 0.2) is 18.2 Å². The maximum Gasteiger partial charge on any atom is 0.338 e. The van der Waals surface area contributed by atoms with E-state index in [2.05, 4.69) is 13.8 Å². The minimum Gasteiger partial charge on any atom is -0.769 e. The van der Waals surface area contributed by atoms with Gasteiger partial charge in [-0.25, -0.2) is 4.79 Å². The molecule has 2 aliphatic rings. The third-order valence-electron chi connectivity index (χ3n) is 5.91. The first-order valence-corrected chi connectivity index (χ1v) is 8.34. The highest BCUT2D eigenvalue weighted by molar-refractivity contribution is 5.92. The van der Waals surface area contributed by atoms with Crippen LogP contribution in [0.4, 0.5) is 11.4 Å². The molecule has 0 heterocycles. The molecule has 0 amide bonds. The molecule has 0 aromatic heterocycles. The first-order chi connectivity index (χ1) is 11.9. The lowest BCUT2D eigenvalue weighted by Crippen LogP contribution is -2.45. The molecule has 0 spiro atoms. The first kappa shape index (κ1) is 18.9. The number of hydrogen-bond donors (Lipinski definition) is 3. The van der Waals surface area contributed by atoms with Crippen molar-refractivity contribution in [3.05, 3.63) is 34.2 Å². The zero-order valence-corrected chi connectivity index (χ0v) is 14.7. The lowest BCUT2D eigenvalue weighted by atomic mass is 9.83. The molecular weight excluding hydrogens is 344 g/mol. The standard InChI is InChI=1S/C17H22N2O7/c1-16(2)12-7-14(17(3,21)8-13(12)16)26-15(20)9-4-10(18(22)23)6-11(5-9)19(24)25/h4-6,12-14,21-23H,7-8H2,1-3H3/q-2/t12-,13-,14-,17-/m1/s1. The van der Waals surface area contributed by atoms with Gasteiger partial charge in [0.05, 0.1) is 16.9 Å². The quantitative estimate of drug-likeness (QED) is 0.541. The largest absolute Gasteiger partial charge is 0.769 e. The van der Waals surface area contributed by atoms with E-state index >= 15 is 0 Å². The van der Waals surface area contributed by atoms with Gasteiger partial charge in [-0.2, -0.15) is 0 Å². The van der Waals surface area contributed by atoms with Crippen LogP contribution < -0.4 is 10.5 Å². The molecule has 0 radical (unpaired) electrons.